The number of guanidine groups is 1. The minimum atomic E-state index is -5.08. The van der Waals surface area contributed by atoms with Gasteiger partial charge in [0.15, 0.2) is 5.96 Å². The number of alkyl halides is 3. The molecule has 1 aliphatic heterocycles. The van der Waals surface area contributed by atoms with Gasteiger partial charge in [-0.05, 0) is 61.0 Å². The average molecular weight is 577 g/mol. The van der Waals surface area contributed by atoms with Gasteiger partial charge in [0, 0.05) is 42.6 Å². The molecule has 12 heteroatoms. The van der Waals surface area contributed by atoms with Gasteiger partial charge in [0.05, 0.1) is 12.1 Å². The lowest BCUT2D eigenvalue weighted by Gasteiger charge is -2.37. The second kappa shape index (κ2) is 13.7. The van der Waals surface area contributed by atoms with Gasteiger partial charge in [0.25, 0.3) is 0 Å². The number of aliphatic carboxylic acids is 1. The Morgan fingerprint density at radius 2 is 1.45 bits per heavy atom. The summed E-state index contributed by atoms with van der Waals surface area (Å²) in [6, 6.07) is 23.0. The van der Waals surface area contributed by atoms with Crippen LogP contribution in [0.4, 0.5) is 24.5 Å². The number of halogens is 4. The maximum atomic E-state index is 11.2. The Balaban J connectivity index is 0.000000559. The van der Waals surface area contributed by atoms with Crippen LogP contribution in [-0.2, 0) is 11.3 Å². The van der Waals surface area contributed by atoms with Crippen LogP contribution in [-0.4, -0.2) is 65.4 Å². The van der Waals surface area contributed by atoms with Crippen LogP contribution in [0.25, 0.3) is 0 Å². The number of carboxylic acids is 2. The molecule has 4 rings (SSSR count). The van der Waals surface area contributed by atoms with Crippen LogP contribution in [0.5, 0.6) is 0 Å². The first kappa shape index (κ1) is 30.3. The van der Waals surface area contributed by atoms with E-state index in [4.69, 9.17) is 31.6 Å². The summed E-state index contributed by atoms with van der Waals surface area (Å²) >= 11 is 6.03. The lowest BCUT2D eigenvalue weighted by atomic mass is 10.1. The molecule has 212 valence electrons. The number of nitrogens with one attached hydrogen (secondary N) is 1. The van der Waals surface area contributed by atoms with Crippen LogP contribution in [0.15, 0.2) is 77.8 Å². The Hall–Kier alpha value is -4.25. The number of hydrogen-bond acceptors (Lipinski definition) is 4. The second-order valence-corrected chi connectivity index (χ2v) is 9.32. The average Bonchev–Trinajstić information content (AvgIpc) is 2.92. The molecule has 0 aliphatic carbocycles. The molecule has 0 radical (unpaired) electrons. The molecule has 0 saturated carbocycles. The lowest BCUT2D eigenvalue weighted by molar-refractivity contribution is -0.192. The summed E-state index contributed by atoms with van der Waals surface area (Å²) in [6.45, 7) is 6.00. The third-order valence-corrected chi connectivity index (χ3v) is 6.19. The van der Waals surface area contributed by atoms with Gasteiger partial charge in [-0.15, -0.1) is 0 Å². The van der Waals surface area contributed by atoms with Crippen molar-refractivity contribution in [2.24, 2.45) is 4.99 Å². The zero-order chi connectivity index (χ0) is 29.3. The molecule has 0 atom stereocenters. The van der Waals surface area contributed by atoms with Crippen molar-refractivity contribution in [1.29, 1.82) is 0 Å². The molecule has 8 nitrogen and oxygen atoms in total. The number of anilines is 2. The van der Waals surface area contributed by atoms with Crippen molar-refractivity contribution in [1.82, 2.24) is 4.90 Å². The molecule has 0 bridgehead atoms. The third-order valence-electron chi connectivity index (χ3n) is 5.93. The Bertz CT molecular complexity index is 1310. The number of hydrogen-bond donors (Lipinski definition) is 3. The number of nitrogens with zero attached hydrogens (tertiary/aromatic N) is 3. The minimum absolute atomic E-state index is 0.260. The fourth-order valence-corrected chi connectivity index (χ4v) is 3.86. The van der Waals surface area contributed by atoms with E-state index in [1.54, 1.807) is 24.3 Å². The van der Waals surface area contributed by atoms with Crippen molar-refractivity contribution in [2.75, 3.05) is 36.4 Å². The largest absolute Gasteiger partial charge is 0.490 e. The van der Waals surface area contributed by atoms with Crippen molar-refractivity contribution in [2.45, 2.75) is 19.6 Å². The van der Waals surface area contributed by atoms with Gasteiger partial charge in [-0.25, -0.2) is 14.6 Å². The fraction of sp³-hybridized carbons (Fsp3) is 0.250. The van der Waals surface area contributed by atoms with E-state index in [1.165, 1.54) is 5.56 Å². The second-order valence-electron chi connectivity index (χ2n) is 8.89. The fourth-order valence-electron chi connectivity index (χ4n) is 3.73. The first-order valence-electron chi connectivity index (χ1n) is 12.2. The molecule has 40 heavy (non-hydrogen) atoms. The highest BCUT2D eigenvalue weighted by atomic mass is 35.5. The van der Waals surface area contributed by atoms with Crippen molar-refractivity contribution in [3.05, 3.63) is 94.5 Å². The van der Waals surface area contributed by atoms with Crippen molar-refractivity contribution in [3.63, 3.8) is 0 Å². The van der Waals surface area contributed by atoms with Crippen LogP contribution in [0.2, 0.25) is 5.02 Å². The van der Waals surface area contributed by atoms with Gasteiger partial charge in [0.1, 0.15) is 0 Å². The molecule has 1 fully saturated rings. The van der Waals surface area contributed by atoms with Crippen molar-refractivity contribution < 1.29 is 33.0 Å². The zero-order valence-corrected chi connectivity index (χ0v) is 22.3. The number of carbonyl (C=O) groups is 2. The van der Waals surface area contributed by atoms with E-state index < -0.39 is 18.1 Å². The maximum absolute atomic E-state index is 11.2. The lowest BCUT2D eigenvalue weighted by Crippen LogP contribution is -2.50. The molecule has 0 spiro atoms. The molecule has 1 aliphatic rings. The van der Waals surface area contributed by atoms with E-state index in [1.807, 2.05) is 24.3 Å². The Kier molecular flexibility index (Phi) is 10.4. The Morgan fingerprint density at radius 1 is 0.900 bits per heavy atom. The summed E-state index contributed by atoms with van der Waals surface area (Å²) in [7, 11) is 0. The normalized spacial score (nSPS) is 13.8. The topological polar surface area (TPSA) is 105 Å². The molecule has 3 aromatic rings. The summed E-state index contributed by atoms with van der Waals surface area (Å²) in [5, 5.41) is 20.4. The molecule has 0 aromatic heterocycles. The quantitative estimate of drug-likeness (QED) is 0.261. The number of rotatable bonds is 5. The molecule has 3 N–H and O–H groups in total. The summed E-state index contributed by atoms with van der Waals surface area (Å²) in [6.07, 6.45) is -5.08. The molecular weight excluding hydrogens is 549 g/mol. The zero-order valence-electron chi connectivity index (χ0n) is 21.5. The van der Waals surface area contributed by atoms with Crippen molar-refractivity contribution >= 4 is 40.9 Å². The third kappa shape index (κ3) is 9.19. The van der Waals surface area contributed by atoms with Crippen LogP contribution >= 0.6 is 11.6 Å². The van der Waals surface area contributed by atoms with Gasteiger partial charge >= 0.3 is 18.1 Å². The highest BCUT2D eigenvalue weighted by Gasteiger charge is 2.38. The molecule has 0 unspecified atom stereocenters. The minimum Gasteiger partial charge on any atom is -0.478 e. The van der Waals surface area contributed by atoms with Gasteiger partial charge in [0.2, 0.25) is 0 Å². The van der Waals surface area contributed by atoms with Gasteiger partial charge < -0.3 is 25.3 Å². The summed E-state index contributed by atoms with van der Waals surface area (Å²) in [4.78, 5) is 29.5. The molecule has 3 aromatic carbocycles. The van der Waals surface area contributed by atoms with E-state index in [0.29, 0.717) is 6.54 Å². The molecule has 1 saturated heterocycles. The number of aliphatic imine (C=N–C) groups is 1. The SMILES string of the molecule is Cc1ccc(CN=C(Nc2ccc(C(=O)O)cc2)N2CCN(c3ccc(Cl)cc3)CC2)cc1.O=C(O)C(F)(F)F. The number of aryl methyl sites for hydroxylation is 1. The summed E-state index contributed by atoms with van der Waals surface area (Å²) < 4.78 is 31.7. The number of piperazine rings is 1. The van der Waals surface area contributed by atoms with Gasteiger partial charge in [-0.2, -0.15) is 13.2 Å². The summed E-state index contributed by atoms with van der Waals surface area (Å²) in [5.74, 6) is -2.91. The van der Waals surface area contributed by atoms with Gasteiger partial charge in [-0.3, -0.25) is 0 Å². The summed E-state index contributed by atoms with van der Waals surface area (Å²) in [5.41, 5.74) is 4.59. The van der Waals surface area contributed by atoms with Crippen LogP contribution in [0.1, 0.15) is 21.5 Å². The van der Waals surface area contributed by atoms with E-state index in [2.05, 4.69) is 46.3 Å². The van der Waals surface area contributed by atoms with E-state index in [0.717, 1.165) is 54.1 Å². The van der Waals surface area contributed by atoms with Crippen LogP contribution in [0, 0.1) is 6.92 Å². The molecule has 1 heterocycles. The van der Waals surface area contributed by atoms with E-state index >= 15 is 0 Å². The van der Waals surface area contributed by atoms with Gasteiger partial charge in [-0.1, -0.05) is 41.4 Å². The first-order valence-corrected chi connectivity index (χ1v) is 12.6. The molecular formula is C28H28ClF3N4O4. The van der Waals surface area contributed by atoms with E-state index in [-0.39, 0.29) is 5.56 Å². The maximum Gasteiger partial charge on any atom is 0.490 e. The molecule has 0 amide bonds. The smallest absolute Gasteiger partial charge is 0.478 e. The first-order chi connectivity index (χ1) is 18.9. The number of aromatic carboxylic acids is 1. The number of carboxylic acid groups (broad SMARTS) is 2. The monoisotopic (exact) mass is 576 g/mol. The number of benzene rings is 3. The Morgan fingerprint density at radius 3 is 1.95 bits per heavy atom. The standard InChI is InChI=1S/C26H27ClN4O2.C2HF3O2/c1-19-2-4-20(5-3-19)18-28-26(29-23-10-6-21(7-11-23)25(32)33)31-16-14-30(15-17-31)24-12-8-22(27)9-13-24;3-2(4,5)1(6)7/h2-13H,14-18H2,1H3,(H,28,29)(H,32,33);(H,6,7). The highest BCUT2D eigenvalue weighted by Crippen LogP contribution is 2.20. The highest BCUT2D eigenvalue weighted by molar-refractivity contribution is 6.30. The Labute approximate surface area is 234 Å². The van der Waals surface area contributed by atoms with Crippen LogP contribution < -0.4 is 10.2 Å². The predicted octanol–water partition coefficient (Wildman–Crippen LogP) is 5.77. The van der Waals surface area contributed by atoms with Crippen LogP contribution in [0.3, 0.4) is 0 Å². The predicted molar refractivity (Wildman–Crippen MR) is 148 cm³/mol. The van der Waals surface area contributed by atoms with Crippen molar-refractivity contribution in [3.8, 4) is 0 Å². The van der Waals surface area contributed by atoms with E-state index in [9.17, 15) is 18.0 Å².